The fourth-order valence-corrected chi connectivity index (χ4v) is 3.21. The standard InChI is InChI=1S/C16H26N2O/c1-13-7-4-5-8-17(13)9-6-10-18-14(2)11-16(12-19)15(18)3/h11-13H,4-10H2,1-3H3. The third kappa shape index (κ3) is 3.27. The van der Waals surface area contributed by atoms with Crippen molar-refractivity contribution < 1.29 is 4.79 Å². The van der Waals surface area contributed by atoms with Crippen LogP contribution < -0.4 is 0 Å². The number of rotatable bonds is 5. The molecule has 1 aliphatic rings. The van der Waals surface area contributed by atoms with Crippen molar-refractivity contribution in [1.82, 2.24) is 9.47 Å². The van der Waals surface area contributed by atoms with E-state index in [0.717, 1.165) is 30.1 Å². The van der Waals surface area contributed by atoms with E-state index in [-0.39, 0.29) is 0 Å². The molecular weight excluding hydrogens is 236 g/mol. The molecule has 1 fully saturated rings. The highest BCUT2D eigenvalue weighted by Gasteiger charge is 2.17. The molecule has 1 aromatic rings. The minimum atomic E-state index is 0.742. The number of piperidine rings is 1. The second-order valence-corrected chi connectivity index (χ2v) is 5.83. The lowest BCUT2D eigenvalue weighted by molar-refractivity contribution is 0.112. The van der Waals surface area contributed by atoms with Gasteiger partial charge in [0.2, 0.25) is 0 Å². The van der Waals surface area contributed by atoms with Gasteiger partial charge in [-0.25, -0.2) is 0 Å². The van der Waals surface area contributed by atoms with E-state index in [4.69, 9.17) is 0 Å². The van der Waals surface area contributed by atoms with Crippen LogP contribution in [0.25, 0.3) is 0 Å². The van der Waals surface area contributed by atoms with Crippen LogP contribution in [0.5, 0.6) is 0 Å². The Balaban J connectivity index is 1.88. The molecule has 106 valence electrons. The highest BCUT2D eigenvalue weighted by atomic mass is 16.1. The zero-order chi connectivity index (χ0) is 13.8. The first-order valence-electron chi connectivity index (χ1n) is 7.49. The summed E-state index contributed by atoms with van der Waals surface area (Å²) in [7, 11) is 0. The highest BCUT2D eigenvalue weighted by molar-refractivity contribution is 5.77. The van der Waals surface area contributed by atoms with E-state index in [1.165, 1.54) is 44.5 Å². The predicted octanol–water partition coefficient (Wildman–Crippen LogP) is 3.18. The van der Waals surface area contributed by atoms with Crippen LogP contribution in [0.15, 0.2) is 6.07 Å². The lowest BCUT2D eigenvalue weighted by atomic mass is 10.0. The second kappa shape index (κ2) is 6.38. The molecule has 3 heteroatoms. The van der Waals surface area contributed by atoms with Gasteiger partial charge in [-0.05, 0) is 52.6 Å². The number of carbonyl (C=O) groups is 1. The molecule has 0 amide bonds. The Morgan fingerprint density at radius 2 is 2.11 bits per heavy atom. The normalized spacial score (nSPS) is 20.7. The maximum Gasteiger partial charge on any atom is 0.151 e. The van der Waals surface area contributed by atoms with Gasteiger partial charge in [-0.3, -0.25) is 4.79 Å². The molecule has 0 aliphatic carbocycles. The van der Waals surface area contributed by atoms with Crippen molar-refractivity contribution in [3.8, 4) is 0 Å². The molecule has 1 aliphatic heterocycles. The van der Waals surface area contributed by atoms with E-state index in [1.807, 2.05) is 13.0 Å². The van der Waals surface area contributed by atoms with Crippen LogP contribution in [0.1, 0.15) is 54.4 Å². The van der Waals surface area contributed by atoms with E-state index < -0.39 is 0 Å². The molecule has 3 nitrogen and oxygen atoms in total. The minimum Gasteiger partial charge on any atom is -0.348 e. The first-order chi connectivity index (χ1) is 9.13. The van der Waals surface area contributed by atoms with Crippen molar-refractivity contribution in [1.29, 1.82) is 0 Å². The van der Waals surface area contributed by atoms with Crippen molar-refractivity contribution in [2.45, 2.75) is 59.0 Å². The number of aryl methyl sites for hydroxylation is 1. The molecule has 19 heavy (non-hydrogen) atoms. The van der Waals surface area contributed by atoms with Crippen LogP contribution in [-0.4, -0.2) is 34.9 Å². The second-order valence-electron chi connectivity index (χ2n) is 5.83. The number of aldehydes is 1. The molecule has 2 rings (SSSR count). The third-order valence-corrected chi connectivity index (χ3v) is 4.51. The van der Waals surface area contributed by atoms with Crippen LogP contribution >= 0.6 is 0 Å². The Morgan fingerprint density at radius 1 is 1.32 bits per heavy atom. The van der Waals surface area contributed by atoms with Gasteiger partial charge in [-0.15, -0.1) is 0 Å². The molecule has 1 aromatic heterocycles. The molecule has 0 radical (unpaired) electrons. The van der Waals surface area contributed by atoms with Crippen LogP contribution in [0.3, 0.4) is 0 Å². The van der Waals surface area contributed by atoms with Crippen molar-refractivity contribution in [3.05, 3.63) is 23.0 Å². The van der Waals surface area contributed by atoms with Crippen molar-refractivity contribution in [2.24, 2.45) is 0 Å². The van der Waals surface area contributed by atoms with Gasteiger partial charge in [0.25, 0.3) is 0 Å². The monoisotopic (exact) mass is 262 g/mol. The number of nitrogens with zero attached hydrogens (tertiary/aromatic N) is 2. The summed E-state index contributed by atoms with van der Waals surface area (Å²) in [5, 5.41) is 0. The molecule has 0 aromatic carbocycles. The van der Waals surface area contributed by atoms with Crippen LogP contribution in [0.4, 0.5) is 0 Å². The molecule has 1 saturated heterocycles. The van der Waals surface area contributed by atoms with Gasteiger partial charge >= 0.3 is 0 Å². The molecule has 0 N–H and O–H groups in total. The Labute approximate surface area is 116 Å². The van der Waals surface area contributed by atoms with Crippen LogP contribution in [-0.2, 0) is 6.54 Å². The molecule has 0 saturated carbocycles. The summed E-state index contributed by atoms with van der Waals surface area (Å²) in [5.41, 5.74) is 3.15. The molecule has 0 bridgehead atoms. The average molecular weight is 262 g/mol. The van der Waals surface area contributed by atoms with E-state index in [2.05, 4.69) is 23.3 Å². The van der Waals surface area contributed by atoms with Crippen molar-refractivity contribution in [2.75, 3.05) is 13.1 Å². The van der Waals surface area contributed by atoms with Gasteiger partial charge in [0.15, 0.2) is 6.29 Å². The lowest BCUT2D eigenvalue weighted by Gasteiger charge is -2.33. The highest BCUT2D eigenvalue weighted by Crippen LogP contribution is 2.18. The van der Waals surface area contributed by atoms with E-state index in [0.29, 0.717) is 0 Å². The van der Waals surface area contributed by atoms with Gasteiger partial charge in [0.1, 0.15) is 0 Å². The Hall–Kier alpha value is -1.09. The Kier molecular flexibility index (Phi) is 4.81. The SMILES string of the molecule is Cc1cc(C=O)c(C)n1CCCN1CCCCC1C. The van der Waals surface area contributed by atoms with Gasteiger partial charge in [0.05, 0.1) is 0 Å². The van der Waals surface area contributed by atoms with Crippen molar-refractivity contribution >= 4 is 6.29 Å². The third-order valence-electron chi connectivity index (χ3n) is 4.51. The fraction of sp³-hybridized carbons (Fsp3) is 0.688. The fourth-order valence-electron chi connectivity index (χ4n) is 3.21. The van der Waals surface area contributed by atoms with Gasteiger partial charge in [0, 0.05) is 36.1 Å². The van der Waals surface area contributed by atoms with Gasteiger partial charge in [-0.1, -0.05) is 6.42 Å². The maximum atomic E-state index is 10.9. The van der Waals surface area contributed by atoms with Gasteiger partial charge in [-0.2, -0.15) is 0 Å². The van der Waals surface area contributed by atoms with E-state index in [1.54, 1.807) is 0 Å². The molecule has 1 atom stereocenters. The average Bonchev–Trinajstić information content (AvgIpc) is 2.68. The van der Waals surface area contributed by atoms with Crippen LogP contribution in [0.2, 0.25) is 0 Å². The molecule has 0 spiro atoms. The number of hydrogen-bond acceptors (Lipinski definition) is 2. The summed E-state index contributed by atoms with van der Waals surface area (Å²) in [6, 6.07) is 2.73. The quantitative estimate of drug-likeness (QED) is 0.761. The lowest BCUT2D eigenvalue weighted by Crippen LogP contribution is -2.38. The number of aromatic nitrogens is 1. The Morgan fingerprint density at radius 3 is 2.74 bits per heavy atom. The molecule has 1 unspecified atom stereocenters. The van der Waals surface area contributed by atoms with E-state index >= 15 is 0 Å². The largest absolute Gasteiger partial charge is 0.348 e. The predicted molar refractivity (Wildman–Crippen MR) is 78.8 cm³/mol. The zero-order valence-electron chi connectivity index (χ0n) is 12.5. The number of hydrogen-bond donors (Lipinski definition) is 0. The summed E-state index contributed by atoms with van der Waals surface area (Å²) < 4.78 is 2.28. The van der Waals surface area contributed by atoms with Crippen molar-refractivity contribution in [3.63, 3.8) is 0 Å². The van der Waals surface area contributed by atoms with E-state index in [9.17, 15) is 4.79 Å². The Bertz CT molecular complexity index is 436. The smallest absolute Gasteiger partial charge is 0.151 e. The summed E-state index contributed by atoms with van der Waals surface area (Å²) in [4.78, 5) is 13.5. The molecular formula is C16H26N2O. The zero-order valence-corrected chi connectivity index (χ0v) is 12.5. The minimum absolute atomic E-state index is 0.742. The number of likely N-dealkylation sites (tertiary alicyclic amines) is 1. The summed E-state index contributed by atoms with van der Waals surface area (Å²) >= 11 is 0. The van der Waals surface area contributed by atoms with Crippen LogP contribution in [0, 0.1) is 13.8 Å². The summed E-state index contributed by atoms with van der Waals surface area (Å²) in [6.07, 6.45) is 6.21. The number of carbonyl (C=O) groups excluding carboxylic acids is 1. The summed E-state index contributed by atoms with van der Waals surface area (Å²) in [5.74, 6) is 0. The first-order valence-corrected chi connectivity index (χ1v) is 7.49. The topological polar surface area (TPSA) is 25.2 Å². The first kappa shape index (κ1) is 14.3. The molecule has 2 heterocycles. The van der Waals surface area contributed by atoms with Gasteiger partial charge < -0.3 is 9.47 Å². The summed E-state index contributed by atoms with van der Waals surface area (Å²) in [6.45, 7) is 9.92. The maximum absolute atomic E-state index is 10.9.